The molecule has 0 aromatic rings. The van der Waals surface area contributed by atoms with Gasteiger partial charge in [-0.1, -0.05) is 12.3 Å². The highest BCUT2D eigenvalue weighted by atomic mass is 19.2. The lowest BCUT2D eigenvalue weighted by Crippen LogP contribution is -2.36. The van der Waals surface area contributed by atoms with Gasteiger partial charge >= 0.3 is 11.9 Å². The van der Waals surface area contributed by atoms with Crippen molar-refractivity contribution in [2.45, 2.75) is 44.4 Å². The van der Waals surface area contributed by atoms with Crippen LogP contribution in [0.3, 0.4) is 0 Å². The molecule has 0 bridgehead atoms. The van der Waals surface area contributed by atoms with Crippen molar-refractivity contribution in [1.29, 1.82) is 0 Å². The Bertz CT molecular complexity index is 389. The second kappa shape index (κ2) is 7.62. The van der Waals surface area contributed by atoms with Crippen LogP contribution in [-0.4, -0.2) is 31.4 Å². The Kier molecular flexibility index (Phi) is 6.13. The van der Waals surface area contributed by atoms with Gasteiger partial charge in [-0.15, -0.1) is 0 Å². The summed E-state index contributed by atoms with van der Waals surface area (Å²) >= 11 is 0. The topological polar surface area (TPSA) is 67.4 Å². The summed E-state index contributed by atoms with van der Waals surface area (Å²) in [6, 6.07) is 0. The molecule has 0 fully saturated rings. The lowest BCUT2D eigenvalue weighted by atomic mass is 10.0. The van der Waals surface area contributed by atoms with E-state index in [1.807, 2.05) is 0 Å². The normalized spacial score (nSPS) is 22.2. The SMILES string of the molecule is CNC(=O)CCNC(=O)OC1(F)C#CCCCCC1. The predicted octanol–water partition coefficient (Wildman–Crippen LogP) is 1.48. The van der Waals surface area contributed by atoms with Crippen LogP contribution >= 0.6 is 0 Å². The number of rotatable bonds is 4. The van der Waals surface area contributed by atoms with Crippen LogP contribution in [0.5, 0.6) is 0 Å². The number of carbonyl (C=O) groups is 2. The summed E-state index contributed by atoms with van der Waals surface area (Å²) in [7, 11) is 1.50. The fraction of sp³-hybridized carbons (Fsp3) is 0.692. The molecule has 106 valence electrons. The van der Waals surface area contributed by atoms with Crippen LogP contribution in [0.2, 0.25) is 0 Å². The maximum atomic E-state index is 14.2. The molecule has 2 amide bonds. The van der Waals surface area contributed by atoms with Gasteiger partial charge in [-0.2, -0.15) is 4.39 Å². The van der Waals surface area contributed by atoms with Gasteiger partial charge in [0.15, 0.2) is 0 Å². The van der Waals surface area contributed by atoms with Crippen LogP contribution < -0.4 is 10.6 Å². The number of hydrogen-bond donors (Lipinski definition) is 2. The van der Waals surface area contributed by atoms with E-state index in [-0.39, 0.29) is 25.3 Å². The van der Waals surface area contributed by atoms with E-state index in [1.54, 1.807) is 0 Å². The molecule has 5 nitrogen and oxygen atoms in total. The van der Waals surface area contributed by atoms with Gasteiger partial charge in [0, 0.05) is 32.9 Å². The Labute approximate surface area is 112 Å². The highest BCUT2D eigenvalue weighted by Crippen LogP contribution is 2.23. The molecular weight excluding hydrogens is 251 g/mol. The number of amides is 2. The number of halogens is 1. The Morgan fingerprint density at radius 3 is 2.89 bits per heavy atom. The minimum atomic E-state index is -2.21. The summed E-state index contributed by atoms with van der Waals surface area (Å²) in [6.45, 7) is 0.0992. The van der Waals surface area contributed by atoms with E-state index in [4.69, 9.17) is 4.74 Å². The quantitative estimate of drug-likeness (QED) is 0.760. The number of hydrogen-bond acceptors (Lipinski definition) is 3. The molecule has 0 aliphatic heterocycles. The van der Waals surface area contributed by atoms with Crippen LogP contribution in [0.1, 0.15) is 38.5 Å². The third kappa shape index (κ3) is 6.09. The minimum Gasteiger partial charge on any atom is -0.400 e. The summed E-state index contributed by atoms with van der Waals surface area (Å²) in [5.74, 6) is 2.61. The van der Waals surface area contributed by atoms with Crippen molar-refractivity contribution in [1.82, 2.24) is 10.6 Å². The van der Waals surface area contributed by atoms with Gasteiger partial charge in [-0.05, 0) is 18.8 Å². The fourth-order valence-corrected chi connectivity index (χ4v) is 1.66. The molecule has 0 saturated carbocycles. The first-order valence-corrected chi connectivity index (χ1v) is 6.42. The zero-order chi connectivity index (χ0) is 14.1. The first-order valence-electron chi connectivity index (χ1n) is 6.42. The summed E-state index contributed by atoms with van der Waals surface area (Å²) in [5.41, 5.74) is 0. The van der Waals surface area contributed by atoms with Crippen molar-refractivity contribution in [2.24, 2.45) is 0 Å². The highest BCUT2D eigenvalue weighted by molar-refractivity contribution is 5.76. The number of ether oxygens (including phenoxy) is 1. The zero-order valence-corrected chi connectivity index (χ0v) is 11.1. The number of alkyl carbamates (subject to hydrolysis) is 1. The molecule has 1 rings (SSSR count). The van der Waals surface area contributed by atoms with Crippen LogP contribution in [-0.2, 0) is 9.53 Å². The maximum Gasteiger partial charge on any atom is 0.410 e. The van der Waals surface area contributed by atoms with E-state index >= 15 is 0 Å². The molecule has 0 aromatic heterocycles. The van der Waals surface area contributed by atoms with Gasteiger partial charge in [0.2, 0.25) is 5.91 Å². The van der Waals surface area contributed by atoms with E-state index in [2.05, 4.69) is 22.5 Å². The van der Waals surface area contributed by atoms with Crippen LogP contribution in [0, 0.1) is 11.8 Å². The van der Waals surface area contributed by atoms with E-state index in [9.17, 15) is 14.0 Å². The van der Waals surface area contributed by atoms with Crippen molar-refractivity contribution in [2.75, 3.05) is 13.6 Å². The van der Waals surface area contributed by atoms with Gasteiger partial charge in [0.25, 0.3) is 0 Å². The Hall–Kier alpha value is -1.77. The Balaban J connectivity index is 2.39. The smallest absolute Gasteiger partial charge is 0.400 e. The average Bonchev–Trinajstić information content (AvgIpc) is 2.34. The molecule has 19 heavy (non-hydrogen) atoms. The molecule has 6 heteroatoms. The summed E-state index contributed by atoms with van der Waals surface area (Å²) in [5, 5.41) is 4.74. The third-order valence-electron chi connectivity index (χ3n) is 2.73. The van der Waals surface area contributed by atoms with Gasteiger partial charge in [0.05, 0.1) is 0 Å². The molecule has 0 aromatic carbocycles. The lowest BCUT2D eigenvalue weighted by Gasteiger charge is -2.21. The molecule has 2 N–H and O–H groups in total. The monoisotopic (exact) mass is 270 g/mol. The van der Waals surface area contributed by atoms with Gasteiger partial charge in [-0.3, -0.25) is 4.79 Å². The molecule has 1 aliphatic rings. The molecule has 1 atom stereocenters. The summed E-state index contributed by atoms with van der Waals surface area (Å²) in [4.78, 5) is 22.3. The zero-order valence-electron chi connectivity index (χ0n) is 11.1. The van der Waals surface area contributed by atoms with Crippen molar-refractivity contribution >= 4 is 12.0 Å². The minimum absolute atomic E-state index is 0.0862. The standard InChI is InChI=1S/C13H19FN2O3/c1-15-11(17)7-10-16-12(18)19-13(14)8-5-3-2-4-6-9-13/h2-5,7-8,10H2,1H3,(H,15,17)(H,16,18). The van der Waals surface area contributed by atoms with Crippen molar-refractivity contribution < 1.29 is 18.7 Å². The van der Waals surface area contributed by atoms with Gasteiger partial charge < -0.3 is 15.4 Å². The van der Waals surface area contributed by atoms with Gasteiger partial charge in [-0.25, -0.2) is 4.79 Å². The second-order valence-electron chi connectivity index (χ2n) is 4.33. The van der Waals surface area contributed by atoms with Crippen LogP contribution in [0.4, 0.5) is 9.18 Å². The Morgan fingerprint density at radius 2 is 2.16 bits per heavy atom. The van der Waals surface area contributed by atoms with Crippen molar-refractivity contribution in [3.63, 3.8) is 0 Å². The largest absolute Gasteiger partial charge is 0.410 e. The predicted molar refractivity (Wildman–Crippen MR) is 67.9 cm³/mol. The summed E-state index contributed by atoms with van der Waals surface area (Å²) < 4.78 is 18.9. The number of alkyl halides is 1. The molecule has 0 saturated heterocycles. The lowest BCUT2D eigenvalue weighted by molar-refractivity contribution is -0.120. The average molecular weight is 270 g/mol. The molecule has 0 heterocycles. The molecule has 0 radical (unpaired) electrons. The van der Waals surface area contributed by atoms with E-state index in [1.165, 1.54) is 7.05 Å². The Morgan fingerprint density at radius 1 is 1.37 bits per heavy atom. The molecular formula is C13H19FN2O3. The van der Waals surface area contributed by atoms with E-state index in [0.717, 1.165) is 12.8 Å². The molecule has 1 aliphatic carbocycles. The fourth-order valence-electron chi connectivity index (χ4n) is 1.66. The van der Waals surface area contributed by atoms with E-state index in [0.29, 0.717) is 12.8 Å². The van der Waals surface area contributed by atoms with Crippen LogP contribution in [0.15, 0.2) is 0 Å². The van der Waals surface area contributed by atoms with E-state index < -0.39 is 11.9 Å². The van der Waals surface area contributed by atoms with Crippen molar-refractivity contribution in [3.05, 3.63) is 0 Å². The molecule has 0 spiro atoms. The molecule has 1 unspecified atom stereocenters. The first-order chi connectivity index (χ1) is 9.06. The van der Waals surface area contributed by atoms with Gasteiger partial charge in [0.1, 0.15) is 0 Å². The first kappa shape index (κ1) is 15.3. The highest BCUT2D eigenvalue weighted by Gasteiger charge is 2.31. The van der Waals surface area contributed by atoms with Crippen LogP contribution in [0.25, 0.3) is 0 Å². The third-order valence-corrected chi connectivity index (χ3v) is 2.73. The maximum absolute atomic E-state index is 14.2. The second-order valence-corrected chi connectivity index (χ2v) is 4.33. The number of carbonyl (C=O) groups excluding carboxylic acids is 2. The number of nitrogens with one attached hydrogen (secondary N) is 2. The van der Waals surface area contributed by atoms with Crippen molar-refractivity contribution in [3.8, 4) is 11.8 Å². The summed E-state index contributed by atoms with van der Waals surface area (Å²) in [6.07, 6.45) is 2.40.